The highest BCUT2D eigenvalue weighted by Gasteiger charge is 2.26. The molecule has 138 valence electrons. The lowest BCUT2D eigenvalue weighted by molar-refractivity contribution is -0.385. The number of hydrogen-bond acceptors (Lipinski definition) is 6. The average Bonchev–Trinajstić information content (AvgIpc) is 2.62. The van der Waals surface area contributed by atoms with Crippen LogP contribution in [0.3, 0.4) is 0 Å². The minimum Gasteiger partial charge on any atom is -0.493 e. The molecule has 2 rings (SSSR count). The molecule has 26 heavy (non-hydrogen) atoms. The first kappa shape index (κ1) is 19.1. The first-order chi connectivity index (χ1) is 12.4. The molecule has 2 aromatic carbocycles. The molecule has 0 aliphatic heterocycles. The summed E-state index contributed by atoms with van der Waals surface area (Å²) in [4.78, 5) is 22.7. The maximum atomic E-state index is 13.6. The summed E-state index contributed by atoms with van der Waals surface area (Å²) in [6.07, 6.45) is 0. The number of halogens is 2. The molecule has 0 bridgehead atoms. The van der Waals surface area contributed by atoms with Gasteiger partial charge < -0.3 is 14.2 Å². The number of nitro groups is 1. The number of methoxy groups -OCH3 is 1. The van der Waals surface area contributed by atoms with Gasteiger partial charge in [-0.25, -0.2) is 13.6 Å². The number of ether oxygens (including phenoxy) is 3. The van der Waals surface area contributed by atoms with Gasteiger partial charge in [-0.1, -0.05) is 12.1 Å². The number of hydrogen-bond donors (Lipinski definition) is 0. The third kappa shape index (κ3) is 4.05. The van der Waals surface area contributed by atoms with Gasteiger partial charge in [0.15, 0.2) is 23.1 Å². The zero-order valence-electron chi connectivity index (χ0n) is 14.0. The fourth-order valence-corrected chi connectivity index (χ4v) is 2.17. The molecular weight excluding hydrogens is 352 g/mol. The molecule has 0 fully saturated rings. The van der Waals surface area contributed by atoms with Crippen molar-refractivity contribution in [1.29, 1.82) is 0 Å². The van der Waals surface area contributed by atoms with E-state index in [4.69, 9.17) is 14.2 Å². The number of nitrogens with zero attached hydrogens (tertiary/aromatic N) is 1. The summed E-state index contributed by atoms with van der Waals surface area (Å²) >= 11 is 0. The summed E-state index contributed by atoms with van der Waals surface area (Å²) in [6, 6.07) is 5.56. The average molecular weight is 367 g/mol. The Hall–Kier alpha value is -3.23. The molecule has 0 atom stereocenters. The van der Waals surface area contributed by atoms with Crippen LogP contribution in [0.15, 0.2) is 30.3 Å². The fraction of sp³-hybridized carbons (Fsp3) is 0.235. The Morgan fingerprint density at radius 3 is 2.58 bits per heavy atom. The predicted molar refractivity (Wildman–Crippen MR) is 86.3 cm³/mol. The van der Waals surface area contributed by atoms with Gasteiger partial charge >= 0.3 is 5.97 Å². The van der Waals surface area contributed by atoms with Crippen LogP contribution in [-0.4, -0.2) is 24.6 Å². The Balaban J connectivity index is 2.33. The van der Waals surface area contributed by atoms with Gasteiger partial charge in [0.1, 0.15) is 12.2 Å². The van der Waals surface area contributed by atoms with Crippen molar-refractivity contribution in [2.75, 3.05) is 13.7 Å². The van der Waals surface area contributed by atoms with Crippen LogP contribution in [0, 0.1) is 21.7 Å². The van der Waals surface area contributed by atoms with Crippen molar-refractivity contribution < 1.29 is 32.7 Å². The molecule has 0 aliphatic carbocycles. The smallest absolute Gasteiger partial charge is 0.345 e. The largest absolute Gasteiger partial charge is 0.493 e. The Bertz CT molecular complexity index is 840. The number of carbonyl (C=O) groups excluding carboxylic acids is 1. The Morgan fingerprint density at radius 1 is 1.23 bits per heavy atom. The predicted octanol–water partition coefficient (Wildman–Crippen LogP) is 3.64. The van der Waals surface area contributed by atoms with Crippen molar-refractivity contribution in [2.45, 2.75) is 13.5 Å². The van der Waals surface area contributed by atoms with Crippen LogP contribution in [0.4, 0.5) is 14.5 Å². The monoisotopic (exact) mass is 367 g/mol. The highest BCUT2D eigenvalue weighted by atomic mass is 19.2. The minimum atomic E-state index is -1.15. The van der Waals surface area contributed by atoms with Crippen LogP contribution < -0.4 is 9.47 Å². The SMILES string of the molecule is CCOc1cc(C(=O)OCc2cccc(F)c2F)c([N+](=O)[O-])cc1OC. The van der Waals surface area contributed by atoms with Gasteiger partial charge in [-0.05, 0) is 13.0 Å². The molecule has 0 aromatic heterocycles. The van der Waals surface area contributed by atoms with E-state index >= 15 is 0 Å². The standard InChI is InChI=1S/C17H15F2NO6/c1-3-25-15-7-11(13(20(22)23)8-14(15)24-2)17(21)26-9-10-5-4-6-12(18)16(10)19/h4-8H,3,9H2,1-2H3. The van der Waals surface area contributed by atoms with E-state index in [2.05, 4.69) is 0 Å². The van der Waals surface area contributed by atoms with Gasteiger partial charge in [0, 0.05) is 11.6 Å². The first-order valence-electron chi connectivity index (χ1n) is 7.48. The lowest BCUT2D eigenvalue weighted by atomic mass is 10.1. The van der Waals surface area contributed by atoms with E-state index in [0.29, 0.717) is 0 Å². The van der Waals surface area contributed by atoms with Gasteiger partial charge in [0.2, 0.25) is 0 Å². The second-order valence-electron chi connectivity index (χ2n) is 5.00. The van der Waals surface area contributed by atoms with Crippen molar-refractivity contribution in [3.05, 3.63) is 63.2 Å². The molecule has 2 aromatic rings. The van der Waals surface area contributed by atoms with Crippen molar-refractivity contribution in [1.82, 2.24) is 0 Å². The number of carbonyl (C=O) groups is 1. The molecule has 0 heterocycles. The highest BCUT2D eigenvalue weighted by Crippen LogP contribution is 2.35. The maximum Gasteiger partial charge on any atom is 0.345 e. The van der Waals surface area contributed by atoms with Crippen LogP contribution >= 0.6 is 0 Å². The van der Waals surface area contributed by atoms with Gasteiger partial charge in [-0.3, -0.25) is 10.1 Å². The molecule has 0 saturated carbocycles. The summed E-state index contributed by atoms with van der Waals surface area (Å²) < 4.78 is 42.0. The summed E-state index contributed by atoms with van der Waals surface area (Å²) in [5.74, 6) is -3.13. The van der Waals surface area contributed by atoms with Crippen LogP contribution in [-0.2, 0) is 11.3 Å². The minimum absolute atomic E-state index is 0.0753. The van der Waals surface area contributed by atoms with E-state index in [1.165, 1.54) is 19.2 Å². The van der Waals surface area contributed by atoms with E-state index in [1.807, 2.05) is 0 Å². The molecule has 0 saturated heterocycles. The summed E-state index contributed by atoms with van der Waals surface area (Å²) in [7, 11) is 1.30. The summed E-state index contributed by atoms with van der Waals surface area (Å²) in [5, 5.41) is 11.2. The summed E-state index contributed by atoms with van der Waals surface area (Å²) in [5.41, 5.74) is -1.15. The molecule has 0 radical (unpaired) electrons. The van der Waals surface area contributed by atoms with Gasteiger partial charge in [-0.2, -0.15) is 0 Å². The molecule has 7 nitrogen and oxygen atoms in total. The molecule has 0 unspecified atom stereocenters. The van der Waals surface area contributed by atoms with Crippen LogP contribution in [0.5, 0.6) is 11.5 Å². The quantitative estimate of drug-likeness (QED) is 0.422. The van der Waals surface area contributed by atoms with Crippen molar-refractivity contribution in [2.24, 2.45) is 0 Å². The zero-order chi connectivity index (χ0) is 19.3. The number of esters is 1. The molecule has 0 amide bonds. The van der Waals surface area contributed by atoms with Gasteiger partial charge in [0.25, 0.3) is 5.69 Å². The van der Waals surface area contributed by atoms with Crippen LogP contribution in [0.1, 0.15) is 22.8 Å². The van der Waals surface area contributed by atoms with Crippen molar-refractivity contribution in [3.8, 4) is 11.5 Å². The van der Waals surface area contributed by atoms with E-state index in [1.54, 1.807) is 6.92 Å². The fourth-order valence-electron chi connectivity index (χ4n) is 2.17. The van der Waals surface area contributed by atoms with Crippen LogP contribution in [0.25, 0.3) is 0 Å². The van der Waals surface area contributed by atoms with E-state index in [-0.39, 0.29) is 23.7 Å². The lowest BCUT2D eigenvalue weighted by Crippen LogP contribution is -2.10. The van der Waals surface area contributed by atoms with E-state index in [9.17, 15) is 23.7 Å². The second-order valence-corrected chi connectivity index (χ2v) is 5.00. The molecule has 9 heteroatoms. The third-order valence-corrected chi connectivity index (χ3v) is 3.39. The van der Waals surface area contributed by atoms with Crippen molar-refractivity contribution in [3.63, 3.8) is 0 Å². The first-order valence-corrected chi connectivity index (χ1v) is 7.48. The zero-order valence-corrected chi connectivity index (χ0v) is 14.0. The maximum absolute atomic E-state index is 13.6. The Morgan fingerprint density at radius 2 is 1.96 bits per heavy atom. The van der Waals surface area contributed by atoms with E-state index < -0.39 is 40.4 Å². The van der Waals surface area contributed by atoms with Crippen LogP contribution in [0.2, 0.25) is 0 Å². The molecule has 0 aliphatic rings. The topological polar surface area (TPSA) is 87.9 Å². The van der Waals surface area contributed by atoms with Gasteiger partial charge in [0.05, 0.1) is 24.7 Å². The number of benzene rings is 2. The summed E-state index contributed by atoms with van der Waals surface area (Å²) in [6.45, 7) is 1.33. The second kappa shape index (κ2) is 8.24. The van der Waals surface area contributed by atoms with Crippen molar-refractivity contribution >= 4 is 11.7 Å². The molecular formula is C17H15F2NO6. The lowest BCUT2D eigenvalue weighted by Gasteiger charge is -2.12. The number of nitro benzene ring substituents is 1. The highest BCUT2D eigenvalue weighted by molar-refractivity contribution is 5.95. The Labute approximate surface area is 147 Å². The van der Waals surface area contributed by atoms with E-state index in [0.717, 1.165) is 18.2 Å². The molecule has 0 N–H and O–H groups in total. The third-order valence-electron chi connectivity index (χ3n) is 3.39. The normalized spacial score (nSPS) is 10.3. The number of rotatable bonds is 7. The molecule has 0 spiro atoms. The van der Waals surface area contributed by atoms with Gasteiger partial charge in [-0.15, -0.1) is 0 Å². The Kier molecular flexibility index (Phi) is 6.05.